The normalized spacial score (nSPS) is 30.0. The van der Waals surface area contributed by atoms with Crippen LogP contribution in [0.3, 0.4) is 0 Å². The van der Waals surface area contributed by atoms with Crippen molar-refractivity contribution in [2.75, 3.05) is 26.8 Å². The summed E-state index contributed by atoms with van der Waals surface area (Å²) in [4.78, 5) is 0. The molecule has 0 amide bonds. The zero-order valence-electron chi connectivity index (χ0n) is 6.98. The van der Waals surface area contributed by atoms with Crippen LogP contribution in [0.4, 0.5) is 0 Å². The van der Waals surface area contributed by atoms with Crippen LogP contribution in [-0.4, -0.2) is 32.2 Å². The van der Waals surface area contributed by atoms with Crippen molar-refractivity contribution in [3.63, 3.8) is 0 Å². The van der Waals surface area contributed by atoms with Gasteiger partial charge in [0.05, 0.1) is 6.61 Å². The van der Waals surface area contributed by atoms with Gasteiger partial charge in [-0.3, -0.25) is 0 Å². The minimum atomic E-state index is 0.448. The molecule has 1 rings (SSSR count). The van der Waals surface area contributed by atoms with E-state index >= 15 is 0 Å². The Bertz CT molecular complexity index is 104. The molecule has 0 unspecified atom stereocenters. The van der Waals surface area contributed by atoms with Gasteiger partial charge in [-0.25, -0.2) is 0 Å². The van der Waals surface area contributed by atoms with Gasteiger partial charge in [0.1, 0.15) is 0 Å². The molecule has 0 heterocycles. The Hall–Kier alpha value is 0.210. The van der Waals surface area contributed by atoms with Gasteiger partial charge in [-0.2, -0.15) is 0 Å². The zero-order chi connectivity index (χ0) is 8.10. The Labute approximate surface area is 73.3 Å². The molecule has 3 heteroatoms. The van der Waals surface area contributed by atoms with E-state index in [2.05, 4.69) is 5.32 Å². The van der Waals surface area contributed by atoms with E-state index in [1.807, 2.05) is 0 Å². The van der Waals surface area contributed by atoms with E-state index in [1.165, 1.54) is 12.8 Å². The number of methoxy groups -OCH3 is 1. The van der Waals surface area contributed by atoms with E-state index in [0.29, 0.717) is 5.38 Å². The number of alkyl halides is 1. The van der Waals surface area contributed by atoms with E-state index in [9.17, 15) is 0 Å². The summed E-state index contributed by atoms with van der Waals surface area (Å²) < 4.78 is 4.91. The lowest BCUT2D eigenvalue weighted by Gasteiger charge is -2.30. The highest BCUT2D eigenvalue weighted by molar-refractivity contribution is 6.21. The van der Waals surface area contributed by atoms with E-state index in [-0.39, 0.29) is 0 Å². The lowest BCUT2D eigenvalue weighted by molar-refractivity contribution is 0.194. The first kappa shape index (κ1) is 9.30. The van der Waals surface area contributed by atoms with Gasteiger partial charge in [-0.15, -0.1) is 11.6 Å². The maximum absolute atomic E-state index is 5.83. The second kappa shape index (κ2) is 4.96. The van der Waals surface area contributed by atoms with Crippen LogP contribution in [-0.2, 0) is 4.74 Å². The fraction of sp³-hybridized carbons (Fsp3) is 1.00. The quantitative estimate of drug-likeness (QED) is 0.504. The van der Waals surface area contributed by atoms with Gasteiger partial charge < -0.3 is 10.1 Å². The van der Waals surface area contributed by atoms with Crippen molar-refractivity contribution < 1.29 is 4.74 Å². The van der Waals surface area contributed by atoms with Crippen LogP contribution in [0.2, 0.25) is 0 Å². The third-order valence-electron chi connectivity index (χ3n) is 2.09. The van der Waals surface area contributed by atoms with E-state index in [1.54, 1.807) is 7.11 Å². The Kier molecular flexibility index (Phi) is 4.20. The number of ether oxygens (including phenoxy) is 1. The summed E-state index contributed by atoms with van der Waals surface area (Å²) in [7, 11) is 1.72. The van der Waals surface area contributed by atoms with Crippen molar-refractivity contribution in [2.24, 2.45) is 5.92 Å². The molecule has 66 valence electrons. The maximum Gasteiger partial charge on any atom is 0.0587 e. The second-order valence-corrected chi connectivity index (χ2v) is 3.75. The molecule has 0 aromatic heterocycles. The molecule has 0 bridgehead atoms. The zero-order valence-corrected chi connectivity index (χ0v) is 7.73. The number of rotatable bonds is 5. The fourth-order valence-electron chi connectivity index (χ4n) is 1.30. The third kappa shape index (κ3) is 3.41. The fourth-order valence-corrected chi connectivity index (χ4v) is 1.81. The van der Waals surface area contributed by atoms with E-state index < -0.39 is 0 Å². The first-order valence-corrected chi connectivity index (χ1v) is 4.60. The van der Waals surface area contributed by atoms with Gasteiger partial charge >= 0.3 is 0 Å². The van der Waals surface area contributed by atoms with Gasteiger partial charge in [0, 0.05) is 19.0 Å². The Morgan fingerprint density at radius 2 is 2.27 bits per heavy atom. The van der Waals surface area contributed by atoms with Gasteiger partial charge in [-0.1, -0.05) is 0 Å². The van der Waals surface area contributed by atoms with Gasteiger partial charge in [0.2, 0.25) is 0 Å². The van der Waals surface area contributed by atoms with E-state index in [4.69, 9.17) is 16.3 Å². The van der Waals surface area contributed by atoms with Gasteiger partial charge in [0.15, 0.2) is 0 Å². The molecule has 1 saturated carbocycles. The van der Waals surface area contributed by atoms with E-state index in [0.717, 1.165) is 25.6 Å². The maximum atomic E-state index is 5.83. The van der Waals surface area contributed by atoms with Crippen molar-refractivity contribution in [3.8, 4) is 0 Å². The molecule has 1 fully saturated rings. The molecule has 11 heavy (non-hydrogen) atoms. The average molecular weight is 178 g/mol. The van der Waals surface area contributed by atoms with Crippen molar-refractivity contribution in [3.05, 3.63) is 0 Å². The topological polar surface area (TPSA) is 21.3 Å². The summed E-state index contributed by atoms with van der Waals surface area (Å²) in [6, 6.07) is 0. The summed E-state index contributed by atoms with van der Waals surface area (Å²) in [5.74, 6) is 0.814. The minimum Gasteiger partial charge on any atom is -0.383 e. The molecule has 0 spiro atoms. The lowest BCUT2D eigenvalue weighted by atomic mass is 9.85. The molecule has 1 N–H and O–H groups in total. The van der Waals surface area contributed by atoms with Crippen LogP contribution < -0.4 is 5.32 Å². The Balaban J connectivity index is 1.81. The standard InChI is InChI=1S/C8H16ClNO/c1-11-3-2-10-6-7-4-8(9)5-7/h7-8,10H,2-6H2,1H3. The Morgan fingerprint density at radius 1 is 1.55 bits per heavy atom. The van der Waals surface area contributed by atoms with Crippen molar-refractivity contribution in [1.82, 2.24) is 5.32 Å². The molecule has 0 aromatic rings. The predicted octanol–water partition coefficient (Wildman–Crippen LogP) is 1.24. The lowest BCUT2D eigenvalue weighted by Crippen LogP contribution is -2.34. The molecule has 1 aliphatic rings. The first-order valence-electron chi connectivity index (χ1n) is 4.16. The van der Waals surface area contributed by atoms with Crippen LogP contribution in [0.1, 0.15) is 12.8 Å². The van der Waals surface area contributed by atoms with Gasteiger partial charge in [0.25, 0.3) is 0 Å². The molecular weight excluding hydrogens is 162 g/mol. The van der Waals surface area contributed by atoms with Crippen molar-refractivity contribution in [2.45, 2.75) is 18.2 Å². The summed E-state index contributed by atoms with van der Waals surface area (Å²) in [6.07, 6.45) is 2.36. The summed E-state index contributed by atoms with van der Waals surface area (Å²) in [5, 5.41) is 3.77. The molecule has 0 aliphatic heterocycles. The van der Waals surface area contributed by atoms with Crippen LogP contribution in [0.5, 0.6) is 0 Å². The summed E-state index contributed by atoms with van der Waals surface area (Å²) in [5.41, 5.74) is 0. The second-order valence-electron chi connectivity index (χ2n) is 3.13. The largest absolute Gasteiger partial charge is 0.383 e. The highest BCUT2D eigenvalue weighted by Crippen LogP contribution is 2.30. The van der Waals surface area contributed by atoms with Crippen LogP contribution in [0.25, 0.3) is 0 Å². The summed E-state index contributed by atoms with van der Waals surface area (Å²) >= 11 is 5.83. The highest BCUT2D eigenvalue weighted by Gasteiger charge is 2.26. The van der Waals surface area contributed by atoms with Crippen LogP contribution in [0.15, 0.2) is 0 Å². The third-order valence-corrected chi connectivity index (χ3v) is 2.45. The number of hydrogen-bond donors (Lipinski definition) is 1. The number of nitrogens with one attached hydrogen (secondary N) is 1. The predicted molar refractivity (Wildman–Crippen MR) is 47.1 cm³/mol. The van der Waals surface area contributed by atoms with Crippen molar-refractivity contribution >= 4 is 11.6 Å². The molecular formula is C8H16ClNO. The Morgan fingerprint density at radius 3 is 2.82 bits per heavy atom. The monoisotopic (exact) mass is 177 g/mol. The smallest absolute Gasteiger partial charge is 0.0587 e. The SMILES string of the molecule is COCCNCC1CC(Cl)C1. The van der Waals surface area contributed by atoms with Crippen LogP contribution >= 0.6 is 11.6 Å². The van der Waals surface area contributed by atoms with Gasteiger partial charge in [-0.05, 0) is 25.3 Å². The van der Waals surface area contributed by atoms with Crippen LogP contribution in [0, 0.1) is 5.92 Å². The molecule has 2 nitrogen and oxygen atoms in total. The van der Waals surface area contributed by atoms with Crippen molar-refractivity contribution in [1.29, 1.82) is 0 Å². The first-order chi connectivity index (χ1) is 5.33. The molecule has 0 radical (unpaired) electrons. The number of hydrogen-bond acceptors (Lipinski definition) is 2. The minimum absolute atomic E-state index is 0.448. The molecule has 0 aromatic carbocycles. The summed E-state index contributed by atoms with van der Waals surface area (Å²) in [6.45, 7) is 2.86. The average Bonchev–Trinajstić information content (AvgIpc) is 1.94. The highest BCUT2D eigenvalue weighted by atomic mass is 35.5. The molecule has 0 atom stereocenters. The molecule has 0 saturated heterocycles. The number of halogens is 1. The molecule has 1 aliphatic carbocycles.